The summed E-state index contributed by atoms with van der Waals surface area (Å²) in [4.78, 5) is 25.3. The Labute approximate surface area is 96.6 Å². The molecule has 1 amide bonds. The second-order valence-corrected chi connectivity index (χ2v) is 4.33. The number of benzene rings is 1. The molecule has 1 N–H and O–H groups in total. The largest absolute Gasteiger partial charge is 0.341 e. The Bertz CT molecular complexity index is 537. The van der Waals surface area contributed by atoms with Gasteiger partial charge in [-0.3, -0.25) is 9.59 Å². The number of carbonyl (C=O) groups excluding carboxylic acids is 2. The van der Waals surface area contributed by atoms with Crippen molar-refractivity contribution in [2.75, 3.05) is 0 Å². The van der Waals surface area contributed by atoms with Crippen molar-refractivity contribution in [1.29, 1.82) is 0 Å². The third-order valence-corrected chi connectivity index (χ3v) is 2.52. The summed E-state index contributed by atoms with van der Waals surface area (Å²) < 4.78 is 33.5. The summed E-state index contributed by atoms with van der Waals surface area (Å²) in [6, 6.07) is 4.03. The number of carbonyl (C=O) groups is 2. The smallest absolute Gasteiger partial charge is 0.332 e. The fourth-order valence-electron chi connectivity index (χ4n) is 0.946. The van der Waals surface area contributed by atoms with Gasteiger partial charge < -0.3 is 4.84 Å². The van der Waals surface area contributed by atoms with Gasteiger partial charge in [0.1, 0.15) is 0 Å². The second-order valence-electron chi connectivity index (χ2n) is 2.99. The summed E-state index contributed by atoms with van der Waals surface area (Å²) in [5.41, 5.74) is 1.85. The minimum atomic E-state index is -4.79. The summed E-state index contributed by atoms with van der Waals surface area (Å²) in [6.45, 7) is 1.10. The zero-order valence-corrected chi connectivity index (χ0v) is 9.45. The Morgan fingerprint density at radius 3 is 2.18 bits per heavy atom. The number of halogens is 1. The van der Waals surface area contributed by atoms with Crippen molar-refractivity contribution < 1.29 is 26.7 Å². The molecule has 0 aliphatic heterocycles. The molecule has 0 unspecified atom stereocenters. The average Bonchev–Trinajstić information content (AvgIpc) is 2.25. The summed E-state index contributed by atoms with van der Waals surface area (Å²) >= 11 is 0. The molecule has 92 valence electrons. The number of nitrogens with one attached hydrogen (secondary N) is 1. The predicted molar refractivity (Wildman–Crippen MR) is 54.0 cm³/mol. The van der Waals surface area contributed by atoms with Crippen molar-refractivity contribution in [2.45, 2.75) is 11.8 Å². The van der Waals surface area contributed by atoms with Crippen LogP contribution in [0.4, 0.5) is 3.89 Å². The second kappa shape index (κ2) is 4.91. The SMILES string of the molecule is CC(=O)ONC(=O)c1ccc(S(=O)(=O)F)cc1. The van der Waals surface area contributed by atoms with Crippen molar-refractivity contribution in [2.24, 2.45) is 0 Å². The van der Waals surface area contributed by atoms with E-state index >= 15 is 0 Å². The van der Waals surface area contributed by atoms with Gasteiger partial charge in [-0.05, 0) is 24.3 Å². The van der Waals surface area contributed by atoms with Crippen LogP contribution in [0.3, 0.4) is 0 Å². The number of hydrogen-bond donors (Lipinski definition) is 1. The van der Waals surface area contributed by atoms with Crippen molar-refractivity contribution in [1.82, 2.24) is 5.48 Å². The molecular weight excluding hydrogens is 253 g/mol. The molecular formula is C9H8FNO5S. The van der Waals surface area contributed by atoms with E-state index in [1.165, 1.54) is 0 Å². The van der Waals surface area contributed by atoms with Crippen molar-refractivity contribution in [3.8, 4) is 0 Å². The summed E-state index contributed by atoms with van der Waals surface area (Å²) in [7, 11) is -4.79. The van der Waals surface area contributed by atoms with E-state index in [0.717, 1.165) is 31.2 Å². The van der Waals surface area contributed by atoms with Gasteiger partial charge in [0, 0.05) is 12.5 Å². The molecule has 0 aromatic heterocycles. The van der Waals surface area contributed by atoms with Gasteiger partial charge in [0.2, 0.25) is 0 Å². The number of rotatable bonds is 2. The molecule has 0 atom stereocenters. The summed E-state index contributed by atoms with van der Waals surface area (Å²) in [6.07, 6.45) is 0. The van der Waals surface area contributed by atoms with Crippen molar-refractivity contribution in [3.05, 3.63) is 29.8 Å². The minimum Gasteiger partial charge on any atom is -0.341 e. The molecule has 0 bridgehead atoms. The van der Waals surface area contributed by atoms with Crippen LogP contribution < -0.4 is 5.48 Å². The Morgan fingerprint density at radius 2 is 1.76 bits per heavy atom. The maximum absolute atomic E-state index is 12.5. The van der Waals surface area contributed by atoms with Gasteiger partial charge in [0.05, 0.1) is 4.90 Å². The standard InChI is InChI=1S/C9H8FNO5S/c1-6(12)16-11-9(13)7-2-4-8(5-3-7)17(10,14)15/h2-5H,1H3,(H,11,13). The molecule has 1 rings (SSSR count). The van der Waals surface area contributed by atoms with E-state index in [9.17, 15) is 21.9 Å². The molecule has 1 aromatic rings. The number of hydrogen-bond acceptors (Lipinski definition) is 5. The lowest BCUT2D eigenvalue weighted by Crippen LogP contribution is -2.25. The molecule has 0 radical (unpaired) electrons. The van der Waals surface area contributed by atoms with Crippen LogP contribution in [0, 0.1) is 0 Å². The topological polar surface area (TPSA) is 89.5 Å². The molecule has 0 aliphatic rings. The monoisotopic (exact) mass is 261 g/mol. The van der Waals surface area contributed by atoms with E-state index in [-0.39, 0.29) is 5.56 Å². The normalized spacial score (nSPS) is 10.7. The van der Waals surface area contributed by atoms with E-state index in [1.807, 2.05) is 5.48 Å². The molecule has 0 fully saturated rings. The highest BCUT2D eigenvalue weighted by atomic mass is 32.3. The van der Waals surface area contributed by atoms with Crippen LogP contribution in [-0.2, 0) is 19.9 Å². The Balaban J connectivity index is 2.81. The average molecular weight is 261 g/mol. The first-order valence-corrected chi connectivity index (χ1v) is 5.71. The lowest BCUT2D eigenvalue weighted by Gasteiger charge is -2.03. The first-order chi connectivity index (χ1) is 7.80. The summed E-state index contributed by atoms with van der Waals surface area (Å²) in [5.74, 6) is -1.45. The third kappa shape index (κ3) is 3.83. The highest BCUT2D eigenvalue weighted by molar-refractivity contribution is 7.86. The van der Waals surface area contributed by atoms with E-state index < -0.39 is 27.0 Å². The van der Waals surface area contributed by atoms with Crippen LogP contribution in [0.1, 0.15) is 17.3 Å². The number of hydroxylamine groups is 1. The van der Waals surface area contributed by atoms with E-state index in [4.69, 9.17) is 0 Å². The van der Waals surface area contributed by atoms with Gasteiger partial charge in [0.15, 0.2) is 0 Å². The Hall–Kier alpha value is -1.96. The molecule has 0 saturated carbocycles. The molecule has 6 nitrogen and oxygen atoms in total. The zero-order chi connectivity index (χ0) is 13.1. The van der Waals surface area contributed by atoms with Gasteiger partial charge in [-0.25, -0.2) is 0 Å². The van der Waals surface area contributed by atoms with Gasteiger partial charge in [-0.2, -0.15) is 13.9 Å². The first kappa shape index (κ1) is 13.1. The highest BCUT2D eigenvalue weighted by Crippen LogP contribution is 2.12. The van der Waals surface area contributed by atoms with Crippen LogP contribution >= 0.6 is 0 Å². The maximum Gasteiger partial charge on any atom is 0.332 e. The molecule has 0 spiro atoms. The van der Waals surface area contributed by atoms with Gasteiger partial charge in [-0.15, -0.1) is 3.89 Å². The van der Waals surface area contributed by atoms with Gasteiger partial charge in [-0.1, -0.05) is 0 Å². The Kier molecular flexibility index (Phi) is 3.79. The number of amides is 1. The van der Waals surface area contributed by atoms with Crippen LogP contribution in [-0.4, -0.2) is 20.3 Å². The molecule has 0 aliphatic carbocycles. The molecule has 1 aromatic carbocycles. The quantitative estimate of drug-likeness (QED) is 0.620. The van der Waals surface area contributed by atoms with E-state index in [2.05, 4.69) is 4.84 Å². The molecule has 8 heteroatoms. The lowest BCUT2D eigenvalue weighted by molar-refractivity contribution is -0.146. The summed E-state index contributed by atoms with van der Waals surface area (Å²) in [5, 5.41) is 0. The maximum atomic E-state index is 12.5. The molecule has 0 saturated heterocycles. The van der Waals surface area contributed by atoms with Crippen molar-refractivity contribution in [3.63, 3.8) is 0 Å². The minimum absolute atomic E-state index is 0.0265. The first-order valence-electron chi connectivity index (χ1n) is 4.33. The zero-order valence-electron chi connectivity index (χ0n) is 8.64. The van der Waals surface area contributed by atoms with Gasteiger partial charge in [0.25, 0.3) is 5.91 Å². The molecule has 0 heterocycles. The van der Waals surface area contributed by atoms with E-state index in [1.54, 1.807) is 0 Å². The Morgan fingerprint density at radius 1 is 1.24 bits per heavy atom. The van der Waals surface area contributed by atoms with Gasteiger partial charge >= 0.3 is 16.2 Å². The fraction of sp³-hybridized carbons (Fsp3) is 0.111. The van der Waals surface area contributed by atoms with E-state index in [0.29, 0.717) is 0 Å². The van der Waals surface area contributed by atoms with Crippen LogP contribution in [0.5, 0.6) is 0 Å². The van der Waals surface area contributed by atoms with Crippen LogP contribution in [0.25, 0.3) is 0 Å². The molecule has 17 heavy (non-hydrogen) atoms. The van der Waals surface area contributed by atoms with Crippen LogP contribution in [0.15, 0.2) is 29.2 Å². The highest BCUT2D eigenvalue weighted by Gasteiger charge is 2.13. The lowest BCUT2D eigenvalue weighted by atomic mass is 10.2. The predicted octanol–water partition coefficient (Wildman–Crippen LogP) is 0.553. The van der Waals surface area contributed by atoms with Crippen LogP contribution in [0.2, 0.25) is 0 Å². The van der Waals surface area contributed by atoms with Crippen molar-refractivity contribution >= 4 is 22.1 Å². The fourth-order valence-corrected chi connectivity index (χ4v) is 1.41. The third-order valence-electron chi connectivity index (χ3n) is 1.69.